The Bertz CT molecular complexity index is 110. The lowest BCUT2D eigenvalue weighted by molar-refractivity contribution is 0.311. The van der Waals surface area contributed by atoms with Gasteiger partial charge in [-0.1, -0.05) is 25.9 Å². The molecule has 0 aromatic rings. The molecule has 0 saturated heterocycles. The highest BCUT2D eigenvalue weighted by atomic mass is 16.4. The van der Waals surface area contributed by atoms with Crippen molar-refractivity contribution in [2.75, 3.05) is 0 Å². The number of hydrogen-bond donors (Lipinski definition) is 2. The van der Waals surface area contributed by atoms with Crippen LogP contribution in [0.2, 0.25) is 0 Å². The van der Waals surface area contributed by atoms with Gasteiger partial charge in [0.15, 0.2) is 0 Å². The lowest BCUT2D eigenvalue weighted by atomic mass is 9.97. The van der Waals surface area contributed by atoms with E-state index >= 15 is 0 Å². The van der Waals surface area contributed by atoms with Crippen molar-refractivity contribution in [3.05, 3.63) is 0 Å². The summed E-state index contributed by atoms with van der Waals surface area (Å²) in [5.41, 5.74) is 5.32. The highest BCUT2D eigenvalue weighted by Crippen LogP contribution is 2.08. The van der Waals surface area contributed by atoms with E-state index in [1.54, 1.807) is 0 Å². The molecule has 0 saturated carbocycles. The van der Waals surface area contributed by atoms with Gasteiger partial charge >= 0.3 is 0 Å². The van der Waals surface area contributed by atoms with Gasteiger partial charge in [-0.25, -0.2) is 0 Å². The fourth-order valence-corrected chi connectivity index (χ4v) is 0.433. The Balaban J connectivity index is 3.88. The molecule has 0 aromatic carbocycles. The third-order valence-corrected chi connectivity index (χ3v) is 1.58. The van der Waals surface area contributed by atoms with Crippen molar-refractivity contribution in [1.29, 1.82) is 0 Å². The lowest BCUT2D eigenvalue weighted by Gasteiger charge is -2.12. The van der Waals surface area contributed by atoms with Crippen LogP contribution in [0.15, 0.2) is 5.16 Å². The Morgan fingerprint density at radius 2 is 1.89 bits per heavy atom. The molecule has 1 unspecified atom stereocenters. The van der Waals surface area contributed by atoms with E-state index in [0.717, 1.165) is 0 Å². The van der Waals surface area contributed by atoms with Crippen molar-refractivity contribution >= 4 is 5.84 Å². The van der Waals surface area contributed by atoms with Gasteiger partial charge in [-0.05, 0) is 5.92 Å². The zero-order chi connectivity index (χ0) is 7.44. The molecule has 0 radical (unpaired) electrons. The quantitative estimate of drug-likeness (QED) is 0.254. The van der Waals surface area contributed by atoms with E-state index in [0.29, 0.717) is 11.8 Å². The minimum Gasteiger partial charge on any atom is -0.409 e. The average Bonchev–Trinajstić information content (AvgIpc) is 1.84. The third kappa shape index (κ3) is 2.35. The summed E-state index contributed by atoms with van der Waals surface area (Å²) in [5, 5.41) is 11.1. The second-order valence-electron chi connectivity index (χ2n) is 2.56. The van der Waals surface area contributed by atoms with Crippen molar-refractivity contribution in [3.8, 4) is 0 Å². The SMILES string of the molecule is CC(C)C(C)C(N)=NO. The fraction of sp³-hybridized carbons (Fsp3) is 0.833. The molecule has 0 aliphatic rings. The predicted molar refractivity (Wildman–Crippen MR) is 37.4 cm³/mol. The van der Waals surface area contributed by atoms with Gasteiger partial charge in [-0.2, -0.15) is 0 Å². The van der Waals surface area contributed by atoms with Crippen LogP contribution < -0.4 is 5.73 Å². The molecule has 0 aliphatic heterocycles. The largest absolute Gasteiger partial charge is 0.409 e. The maximum Gasteiger partial charge on any atom is 0.142 e. The Morgan fingerprint density at radius 3 is 2.00 bits per heavy atom. The normalized spacial score (nSPS) is 16.2. The average molecular weight is 130 g/mol. The zero-order valence-electron chi connectivity index (χ0n) is 6.13. The molecule has 0 spiro atoms. The highest BCUT2D eigenvalue weighted by Gasteiger charge is 2.10. The molecule has 0 heterocycles. The van der Waals surface area contributed by atoms with Crippen molar-refractivity contribution < 1.29 is 5.21 Å². The summed E-state index contributed by atoms with van der Waals surface area (Å²) in [6, 6.07) is 0. The molecule has 9 heavy (non-hydrogen) atoms. The molecule has 0 rings (SSSR count). The molecule has 0 bridgehead atoms. The molecule has 0 fully saturated rings. The fourth-order valence-electron chi connectivity index (χ4n) is 0.433. The topological polar surface area (TPSA) is 58.6 Å². The summed E-state index contributed by atoms with van der Waals surface area (Å²) in [4.78, 5) is 0. The first-order chi connectivity index (χ1) is 4.09. The Kier molecular flexibility index (Phi) is 3.06. The summed E-state index contributed by atoms with van der Waals surface area (Å²) in [5.74, 6) is 0.904. The van der Waals surface area contributed by atoms with Gasteiger partial charge in [0.2, 0.25) is 0 Å². The summed E-state index contributed by atoms with van der Waals surface area (Å²) in [6.07, 6.45) is 0. The molecule has 3 N–H and O–H groups in total. The predicted octanol–water partition coefficient (Wildman–Crippen LogP) is 1.02. The number of amidine groups is 1. The maximum absolute atomic E-state index is 8.22. The smallest absolute Gasteiger partial charge is 0.142 e. The van der Waals surface area contributed by atoms with E-state index < -0.39 is 0 Å². The first-order valence-corrected chi connectivity index (χ1v) is 3.07. The molecule has 1 atom stereocenters. The van der Waals surface area contributed by atoms with Gasteiger partial charge in [-0.3, -0.25) is 0 Å². The Hall–Kier alpha value is -0.730. The number of nitrogens with zero attached hydrogens (tertiary/aromatic N) is 1. The van der Waals surface area contributed by atoms with Gasteiger partial charge in [-0.15, -0.1) is 0 Å². The van der Waals surface area contributed by atoms with Crippen LogP contribution in [0.1, 0.15) is 20.8 Å². The second kappa shape index (κ2) is 3.33. The second-order valence-corrected chi connectivity index (χ2v) is 2.56. The van der Waals surface area contributed by atoms with Crippen LogP contribution in [0.3, 0.4) is 0 Å². The van der Waals surface area contributed by atoms with E-state index in [-0.39, 0.29) is 5.92 Å². The van der Waals surface area contributed by atoms with Crippen molar-refractivity contribution in [2.45, 2.75) is 20.8 Å². The molecule has 0 aliphatic carbocycles. The molecule has 0 aromatic heterocycles. The van der Waals surface area contributed by atoms with Gasteiger partial charge in [0.25, 0.3) is 0 Å². The molecule has 54 valence electrons. The van der Waals surface area contributed by atoms with E-state index in [4.69, 9.17) is 10.9 Å². The maximum atomic E-state index is 8.22. The monoisotopic (exact) mass is 130 g/mol. The summed E-state index contributed by atoms with van der Waals surface area (Å²) >= 11 is 0. The third-order valence-electron chi connectivity index (χ3n) is 1.58. The van der Waals surface area contributed by atoms with Crippen molar-refractivity contribution in [2.24, 2.45) is 22.7 Å². The van der Waals surface area contributed by atoms with Crippen LogP contribution in [-0.2, 0) is 0 Å². The van der Waals surface area contributed by atoms with Gasteiger partial charge in [0.05, 0.1) is 0 Å². The summed E-state index contributed by atoms with van der Waals surface area (Å²) in [6.45, 7) is 5.99. The Morgan fingerprint density at radius 1 is 1.44 bits per heavy atom. The summed E-state index contributed by atoms with van der Waals surface area (Å²) in [7, 11) is 0. The molecule has 3 heteroatoms. The number of rotatable bonds is 2. The van der Waals surface area contributed by atoms with Gasteiger partial charge in [0.1, 0.15) is 5.84 Å². The minimum atomic E-state index is 0.162. The zero-order valence-corrected chi connectivity index (χ0v) is 6.13. The van der Waals surface area contributed by atoms with Gasteiger partial charge < -0.3 is 10.9 Å². The number of oxime groups is 1. The van der Waals surface area contributed by atoms with Crippen LogP contribution in [0.25, 0.3) is 0 Å². The van der Waals surface area contributed by atoms with Crippen LogP contribution in [0.4, 0.5) is 0 Å². The van der Waals surface area contributed by atoms with Crippen molar-refractivity contribution in [3.63, 3.8) is 0 Å². The molecule has 3 nitrogen and oxygen atoms in total. The van der Waals surface area contributed by atoms with Crippen LogP contribution in [0, 0.1) is 11.8 Å². The van der Waals surface area contributed by atoms with Crippen LogP contribution in [0.5, 0.6) is 0 Å². The molecular weight excluding hydrogens is 116 g/mol. The minimum absolute atomic E-state index is 0.162. The van der Waals surface area contributed by atoms with E-state index in [2.05, 4.69) is 5.16 Å². The van der Waals surface area contributed by atoms with E-state index in [1.165, 1.54) is 0 Å². The van der Waals surface area contributed by atoms with Crippen LogP contribution >= 0.6 is 0 Å². The molecule has 0 amide bonds. The first kappa shape index (κ1) is 8.27. The highest BCUT2D eigenvalue weighted by molar-refractivity contribution is 5.81. The van der Waals surface area contributed by atoms with E-state index in [9.17, 15) is 0 Å². The summed E-state index contributed by atoms with van der Waals surface area (Å²) < 4.78 is 0. The Labute approximate surface area is 55.5 Å². The number of nitrogens with two attached hydrogens (primary N) is 1. The molecular formula is C6H14N2O. The standard InChI is InChI=1S/C6H14N2O/c1-4(2)5(3)6(7)8-9/h4-5,9H,1-3H3,(H2,7,8). The lowest BCUT2D eigenvalue weighted by Crippen LogP contribution is -2.25. The van der Waals surface area contributed by atoms with Crippen molar-refractivity contribution in [1.82, 2.24) is 0 Å². The first-order valence-electron chi connectivity index (χ1n) is 3.07. The van der Waals surface area contributed by atoms with Crippen LogP contribution in [-0.4, -0.2) is 11.0 Å². The number of hydrogen-bond acceptors (Lipinski definition) is 2. The van der Waals surface area contributed by atoms with E-state index in [1.807, 2.05) is 20.8 Å². The van der Waals surface area contributed by atoms with Gasteiger partial charge in [0, 0.05) is 5.92 Å².